The van der Waals surface area contributed by atoms with Crippen molar-refractivity contribution in [2.24, 2.45) is 4.99 Å². The molecule has 1 N–H and O–H groups in total. The summed E-state index contributed by atoms with van der Waals surface area (Å²) in [5.74, 6) is 0.949. The third-order valence-corrected chi connectivity index (χ3v) is 3.73. The van der Waals surface area contributed by atoms with Gasteiger partial charge in [-0.25, -0.2) is 4.39 Å². The van der Waals surface area contributed by atoms with Crippen molar-refractivity contribution < 1.29 is 4.39 Å². The summed E-state index contributed by atoms with van der Waals surface area (Å²) in [6.45, 7) is 1.82. The average Bonchev–Trinajstić information content (AvgIpc) is 2.73. The Labute approximate surface area is 94.6 Å². The third kappa shape index (κ3) is 1.34. The SMILES string of the molecule is Fc1ccc(C2(C3=NCCN3)CCC2)cc1. The summed E-state index contributed by atoms with van der Waals surface area (Å²) in [4.78, 5) is 4.54. The molecule has 84 valence electrons. The van der Waals surface area contributed by atoms with Crippen LogP contribution in [0.5, 0.6) is 0 Å². The molecule has 0 saturated heterocycles. The van der Waals surface area contributed by atoms with Crippen molar-refractivity contribution in [1.82, 2.24) is 5.32 Å². The summed E-state index contributed by atoms with van der Waals surface area (Å²) >= 11 is 0. The van der Waals surface area contributed by atoms with Gasteiger partial charge in [-0.3, -0.25) is 4.99 Å². The van der Waals surface area contributed by atoms with Crippen LogP contribution in [0.1, 0.15) is 24.8 Å². The predicted molar refractivity (Wildman–Crippen MR) is 62.2 cm³/mol. The Bertz CT molecular complexity index is 418. The first-order chi connectivity index (χ1) is 7.81. The molecule has 1 heterocycles. The maximum atomic E-state index is 12.9. The van der Waals surface area contributed by atoms with Gasteiger partial charge in [-0.1, -0.05) is 18.6 Å². The van der Waals surface area contributed by atoms with Gasteiger partial charge in [-0.15, -0.1) is 0 Å². The van der Waals surface area contributed by atoms with Crippen molar-refractivity contribution in [3.63, 3.8) is 0 Å². The van der Waals surface area contributed by atoms with Crippen molar-refractivity contribution in [1.29, 1.82) is 0 Å². The van der Waals surface area contributed by atoms with E-state index in [1.54, 1.807) is 12.1 Å². The van der Waals surface area contributed by atoms with Crippen LogP contribution in [0.4, 0.5) is 4.39 Å². The maximum absolute atomic E-state index is 12.9. The summed E-state index contributed by atoms with van der Waals surface area (Å²) in [5.41, 5.74) is 1.26. The highest BCUT2D eigenvalue weighted by molar-refractivity contribution is 5.95. The summed E-state index contributed by atoms with van der Waals surface area (Å²) in [6.07, 6.45) is 3.49. The Morgan fingerprint density at radius 2 is 1.94 bits per heavy atom. The van der Waals surface area contributed by atoms with E-state index in [-0.39, 0.29) is 11.2 Å². The van der Waals surface area contributed by atoms with E-state index in [1.807, 2.05) is 12.1 Å². The average molecular weight is 218 g/mol. The van der Waals surface area contributed by atoms with E-state index >= 15 is 0 Å². The first-order valence-corrected chi connectivity index (χ1v) is 5.86. The molecule has 1 aromatic carbocycles. The topological polar surface area (TPSA) is 24.4 Å². The molecule has 1 fully saturated rings. The molecule has 1 aromatic rings. The molecule has 0 radical (unpaired) electrons. The Kier molecular flexibility index (Phi) is 2.20. The molecule has 2 nitrogen and oxygen atoms in total. The van der Waals surface area contributed by atoms with Crippen LogP contribution < -0.4 is 5.32 Å². The second kappa shape index (κ2) is 3.58. The summed E-state index contributed by atoms with van der Waals surface area (Å²) < 4.78 is 12.9. The predicted octanol–water partition coefficient (Wildman–Crippen LogP) is 2.25. The molecule has 3 rings (SSSR count). The molecule has 1 aliphatic carbocycles. The molecule has 1 saturated carbocycles. The zero-order valence-corrected chi connectivity index (χ0v) is 9.17. The van der Waals surface area contributed by atoms with E-state index in [0.717, 1.165) is 31.8 Å². The zero-order chi connectivity index (χ0) is 11.0. The quantitative estimate of drug-likeness (QED) is 0.809. The van der Waals surface area contributed by atoms with Gasteiger partial charge in [0.05, 0.1) is 12.0 Å². The van der Waals surface area contributed by atoms with Gasteiger partial charge in [0.1, 0.15) is 11.7 Å². The Balaban J connectivity index is 1.98. The lowest BCUT2D eigenvalue weighted by Gasteiger charge is -2.42. The van der Waals surface area contributed by atoms with Gasteiger partial charge in [0.25, 0.3) is 0 Å². The normalized spacial score (nSPS) is 22.2. The molecule has 0 bridgehead atoms. The molecular formula is C13H15FN2. The number of amidine groups is 1. The van der Waals surface area contributed by atoms with Crippen LogP contribution in [0.25, 0.3) is 0 Å². The Morgan fingerprint density at radius 1 is 1.19 bits per heavy atom. The van der Waals surface area contributed by atoms with Gasteiger partial charge >= 0.3 is 0 Å². The fourth-order valence-electron chi connectivity index (χ4n) is 2.68. The number of rotatable bonds is 2. The lowest BCUT2D eigenvalue weighted by Crippen LogP contribution is -2.47. The first kappa shape index (κ1) is 9.82. The van der Waals surface area contributed by atoms with Crippen molar-refractivity contribution in [2.45, 2.75) is 24.7 Å². The van der Waals surface area contributed by atoms with Gasteiger partial charge in [0.15, 0.2) is 0 Å². The molecule has 1 aliphatic heterocycles. The van der Waals surface area contributed by atoms with Gasteiger partial charge < -0.3 is 5.32 Å². The van der Waals surface area contributed by atoms with Crippen molar-refractivity contribution in [2.75, 3.05) is 13.1 Å². The molecule has 2 aliphatic rings. The van der Waals surface area contributed by atoms with Gasteiger partial charge in [0, 0.05) is 6.54 Å². The van der Waals surface area contributed by atoms with Crippen LogP contribution >= 0.6 is 0 Å². The summed E-state index contributed by atoms with van der Waals surface area (Å²) in [5, 5.41) is 3.37. The van der Waals surface area contributed by atoms with E-state index in [2.05, 4.69) is 10.3 Å². The lowest BCUT2D eigenvalue weighted by atomic mass is 9.63. The molecule has 3 heteroatoms. The van der Waals surface area contributed by atoms with Crippen LogP contribution in [0, 0.1) is 5.82 Å². The Hall–Kier alpha value is -1.38. The first-order valence-electron chi connectivity index (χ1n) is 5.86. The minimum atomic E-state index is -0.167. The fourth-order valence-corrected chi connectivity index (χ4v) is 2.68. The van der Waals surface area contributed by atoms with Gasteiger partial charge in [0.2, 0.25) is 0 Å². The number of hydrogen-bond acceptors (Lipinski definition) is 2. The van der Waals surface area contributed by atoms with Crippen LogP contribution in [0.3, 0.4) is 0 Å². The monoisotopic (exact) mass is 218 g/mol. The summed E-state index contributed by atoms with van der Waals surface area (Å²) in [6, 6.07) is 6.89. The van der Waals surface area contributed by atoms with E-state index in [4.69, 9.17) is 0 Å². The fraction of sp³-hybridized carbons (Fsp3) is 0.462. The van der Waals surface area contributed by atoms with Crippen molar-refractivity contribution in [3.8, 4) is 0 Å². The largest absolute Gasteiger partial charge is 0.371 e. The maximum Gasteiger partial charge on any atom is 0.123 e. The molecule has 0 spiro atoms. The minimum absolute atomic E-state index is 0.0597. The minimum Gasteiger partial charge on any atom is -0.371 e. The molecule has 0 unspecified atom stereocenters. The number of hydrogen-bond donors (Lipinski definition) is 1. The highest BCUT2D eigenvalue weighted by Crippen LogP contribution is 2.44. The van der Waals surface area contributed by atoms with Crippen molar-refractivity contribution in [3.05, 3.63) is 35.6 Å². The van der Waals surface area contributed by atoms with Crippen molar-refractivity contribution >= 4 is 5.84 Å². The van der Waals surface area contributed by atoms with E-state index in [0.29, 0.717) is 0 Å². The molecule has 0 amide bonds. The number of halogens is 1. The molecule has 16 heavy (non-hydrogen) atoms. The second-order valence-electron chi connectivity index (χ2n) is 4.60. The van der Waals surface area contributed by atoms with Crippen LogP contribution in [0.15, 0.2) is 29.3 Å². The summed E-state index contributed by atoms with van der Waals surface area (Å²) in [7, 11) is 0. The number of benzene rings is 1. The van der Waals surface area contributed by atoms with E-state index in [1.165, 1.54) is 12.0 Å². The highest BCUT2D eigenvalue weighted by atomic mass is 19.1. The number of nitrogens with one attached hydrogen (secondary N) is 1. The van der Waals surface area contributed by atoms with E-state index < -0.39 is 0 Å². The Morgan fingerprint density at radius 3 is 2.44 bits per heavy atom. The molecular weight excluding hydrogens is 203 g/mol. The van der Waals surface area contributed by atoms with Crippen LogP contribution in [-0.4, -0.2) is 18.9 Å². The third-order valence-electron chi connectivity index (χ3n) is 3.73. The van der Waals surface area contributed by atoms with Crippen LogP contribution in [-0.2, 0) is 5.41 Å². The van der Waals surface area contributed by atoms with E-state index in [9.17, 15) is 4.39 Å². The number of aliphatic imine (C=N–C) groups is 1. The van der Waals surface area contributed by atoms with Gasteiger partial charge in [-0.05, 0) is 30.5 Å². The molecule has 0 aromatic heterocycles. The molecule has 0 atom stereocenters. The smallest absolute Gasteiger partial charge is 0.123 e. The second-order valence-corrected chi connectivity index (χ2v) is 4.60. The number of nitrogens with zero attached hydrogens (tertiary/aromatic N) is 1. The van der Waals surface area contributed by atoms with Crippen LogP contribution in [0.2, 0.25) is 0 Å². The lowest BCUT2D eigenvalue weighted by molar-refractivity contribution is 0.334. The van der Waals surface area contributed by atoms with Gasteiger partial charge in [-0.2, -0.15) is 0 Å². The highest BCUT2D eigenvalue weighted by Gasteiger charge is 2.44. The zero-order valence-electron chi connectivity index (χ0n) is 9.17. The standard InChI is InChI=1S/C13H15FN2/c14-11-4-2-10(3-5-11)13(6-1-7-13)12-15-8-9-16-12/h2-5H,1,6-9H2,(H,15,16).